The number of hydrogen-bond acceptors (Lipinski definition) is 1. The maximum atomic E-state index is 6.50. The summed E-state index contributed by atoms with van der Waals surface area (Å²) in [5, 5.41) is 1.20. The minimum atomic E-state index is 0.968. The third-order valence-electron chi connectivity index (χ3n) is 7.42. The van der Waals surface area contributed by atoms with E-state index in [0.29, 0.717) is 0 Å². The summed E-state index contributed by atoms with van der Waals surface area (Å²) in [4.78, 5) is 0. The first kappa shape index (κ1) is 26.3. The molecule has 0 N–H and O–H groups in total. The standard InChI is InChI=1S/C35H44O/c1-2-3-4-5-6-7-8-9-10-11-12-13-16-21-29-26-27-32-33(28-29)36-35(31-24-19-15-20-25-31)34(32)30-22-17-14-18-23-30/h14-15,17-20,22-28H,2-13,16,21H2,1H3. The first-order chi connectivity index (χ1) is 17.9. The van der Waals surface area contributed by atoms with Crippen LogP contribution < -0.4 is 0 Å². The summed E-state index contributed by atoms with van der Waals surface area (Å²) in [6.45, 7) is 2.29. The van der Waals surface area contributed by atoms with Crippen LogP contribution in [0, 0.1) is 0 Å². The number of fused-ring (bicyclic) bond motifs is 1. The highest BCUT2D eigenvalue weighted by atomic mass is 16.3. The lowest BCUT2D eigenvalue weighted by molar-refractivity contribution is 0.539. The van der Waals surface area contributed by atoms with E-state index in [0.717, 1.165) is 23.3 Å². The molecule has 0 saturated heterocycles. The molecule has 36 heavy (non-hydrogen) atoms. The van der Waals surface area contributed by atoms with Gasteiger partial charge in [-0.2, -0.15) is 0 Å². The average molecular weight is 481 g/mol. The van der Waals surface area contributed by atoms with Crippen molar-refractivity contribution in [2.24, 2.45) is 0 Å². The van der Waals surface area contributed by atoms with Crippen molar-refractivity contribution in [2.75, 3.05) is 0 Å². The number of rotatable bonds is 16. The lowest BCUT2D eigenvalue weighted by Crippen LogP contribution is -1.87. The Morgan fingerprint density at radius 1 is 0.528 bits per heavy atom. The summed E-state index contributed by atoms with van der Waals surface area (Å²) < 4.78 is 6.50. The Kier molecular flexibility index (Phi) is 10.7. The van der Waals surface area contributed by atoms with Gasteiger partial charge in [-0.1, -0.05) is 157 Å². The number of furan rings is 1. The van der Waals surface area contributed by atoms with Gasteiger partial charge in [-0.3, -0.25) is 0 Å². The second-order valence-electron chi connectivity index (χ2n) is 10.4. The average Bonchev–Trinajstić information content (AvgIpc) is 3.31. The molecule has 4 aromatic rings. The third kappa shape index (κ3) is 7.60. The molecule has 1 heteroatoms. The molecule has 0 atom stereocenters. The summed E-state index contributed by atoms with van der Waals surface area (Å²) in [5.74, 6) is 0.968. The monoisotopic (exact) mass is 480 g/mol. The molecule has 4 rings (SSSR count). The molecule has 0 amide bonds. The van der Waals surface area contributed by atoms with Crippen molar-refractivity contribution in [3.63, 3.8) is 0 Å². The van der Waals surface area contributed by atoms with Crippen molar-refractivity contribution in [1.29, 1.82) is 0 Å². The van der Waals surface area contributed by atoms with Crippen LogP contribution in [0.25, 0.3) is 33.4 Å². The lowest BCUT2D eigenvalue weighted by Gasteiger charge is -2.05. The van der Waals surface area contributed by atoms with E-state index in [1.807, 2.05) is 0 Å². The van der Waals surface area contributed by atoms with E-state index in [1.54, 1.807) is 0 Å². The molecule has 1 aromatic heterocycles. The Morgan fingerprint density at radius 2 is 1.06 bits per heavy atom. The second-order valence-corrected chi connectivity index (χ2v) is 10.4. The zero-order chi connectivity index (χ0) is 24.8. The van der Waals surface area contributed by atoms with Gasteiger partial charge in [0, 0.05) is 16.5 Å². The van der Waals surface area contributed by atoms with Crippen LogP contribution in [0.5, 0.6) is 0 Å². The van der Waals surface area contributed by atoms with Crippen molar-refractivity contribution in [1.82, 2.24) is 0 Å². The molecule has 1 nitrogen and oxygen atoms in total. The molecule has 0 bridgehead atoms. The van der Waals surface area contributed by atoms with Crippen LogP contribution in [0.15, 0.2) is 83.3 Å². The predicted molar refractivity (Wildman–Crippen MR) is 156 cm³/mol. The number of benzene rings is 3. The Labute approximate surface area is 218 Å². The van der Waals surface area contributed by atoms with Crippen LogP contribution in [0.2, 0.25) is 0 Å². The van der Waals surface area contributed by atoms with Gasteiger partial charge in [-0.25, -0.2) is 0 Å². The smallest absolute Gasteiger partial charge is 0.143 e. The first-order valence-corrected chi connectivity index (χ1v) is 14.5. The normalized spacial score (nSPS) is 11.4. The van der Waals surface area contributed by atoms with Crippen molar-refractivity contribution in [2.45, 2.75) is 96.8 Å². The molecule has 1 heterocycles. The number of hydrogen-bond donors (Lipinski definition) is 0. The molecule has 0 unspecified atom stereocenters. The predicted octanol–water partition coefficient (Wildman–Crippen LogP) is 11.4. The minimum Gasteiger partial charge on any atom is -0.455 e. The highest BCUT2D eigenvalue weighted by Gasteiger charge is 2.17. The highest BCUT2D eigenvalue weighted by Crippen LogP contribution is 2.41. The van der Waals surface area contributed by atoms with Crippen LogP contribution in [0.3, 0.4) is 0 Å². The zero-order valence-corrected chi connectivity index (χ0v) is 22.3. The van der Waals surface area contributed by atoms with E-state index >= 15 is 0 Å². The van der Waals surface area contributed by atoms with Gasteiger partial charge in [-0.15, -0.1) is 0 Å². The molecular weight excluding hydrogens is 436 g/mol. The lowest BCUT2D eigenvalue weighted by atomic mass is 9.97. The summed E-state index contributed by atoms with van der Waals surface area (Å²) in [6, 6.07) is 28.0. The van der Waals surface area contributed by atoms with Crippen LogP contribution in [-0.2, 0) is 6.42 Å². The molecule has 190 valence electrons. The van der Waals surface area contributed by atoms with E-state index in [-0.39, 0.29) is 0 Å². The molecule has 0 aliphatic carbocycles. The highest BCUT2D eigenvalue weighted by molar-refractivity contribution is 6.01. The number of aryl methyl sites for hydroxylation is 1. The van der Waals surface area contributed by atoms with Gasteiger partial charge in [0.25, 0.3) is 0 Å². The van der Waals surface area contributed by atoms with E-state index in [9.17, 15) is 0 Å². The summed E-state index contributed by atoms with van der Waals surface area (Å²) in [6.07, 6.45) is 19.3. The molecule has 3 aromatic carbocycles. The van der Waals surface area contributed by atoms with Crippen molar-refractivity contribution in [3.05, 3.63) is 84.4 Å². The van der Waals surface area contributed by atoms with E-state index < -0.39 is 0 Å². The Morgan fingerprint density at radius 3 is 1.64 bits per heavy atom. The van der Waals surface area contributed by atoms with E-state index in [1.165, 1.54) is 106 Å². The molecule has 0 spiro atoms. The van der Waals surface area contributed by atoms with Crippen LogP contribution in [0.1, 0.15) is 96.0 Å². The van der Waals surface area contributed by atoms with Gasteiger partial charge in [0.2, 0.25) is 0 Å². The largest absolute Gasteiger partial charge is 0.455 e. The third-order valence-corrected chi connectivity index (χ3v) is 7.42. The Balaban J connectivity index is 1.26. The van der Waals surface area contributed by atoms with Crippen molar-refractivity contribution < 1.29 is 4.42 Å². The fourth-order valence-electron chi connectivity index (χ4n) is 5.33. The maximum absolute atomic E-state index is 6.50. The fraction of sp³-hybridized carbons (Fsp3) is 0.429. The molecular formula is C35H44O. The summed E-state index contributed by atoms with van der Waals surface area (Å²) in [5.41, 5.74) is 5.92. The van der Waals surface area contributed by atoms with Crippen molar-refractivity contribution in [3.8, 4) is 22.5 Å². The first-order valence-electron chi connectivity index (χ1n) is 14.5. The Bertz CT molecular complexity index is 1140. The van der Waals surface area contributed by atoms with Crippen molar-refractivity contribution >= 4 is 11.0 Å². The van der Waals surface area contributed by atoms with Gasteiger partial charge < -0.3 is 4.42 Å². The Hall–Kier alpha value is -2.80. The zero-order valence-electron chi connectivity index (χ0n) is 22.3. The van der Waals surface area contributed by atoms with E-state index in [4.69, 9.17) is 4.42 Å². The molecule has 0 radical (unpaired) electrons. The fourth-order valence-corrected chi connectivity index (χ4v) is 5.33. The topological polar surface area (TPSA) is 13.1 Å². The SMILES string of the molecule is CCCCCCCCCCCCCCCc1ccc2c(-c3ccccc3)c(-c3ccccc3)oc2c1. The quantitative estimate of drug-likeness (QED) is 0.145. The van der Waals surface area contributed by atoms with Crippen LogP contribution in [-0.4, -0.2) is 0 Å². The maximum Gasteiger partial charge on any atom is 0.143 e. The van der Waals surface area contributed by atoms with Crippen LogP contribution >= 0.6 is 0 Å². The van der Waals surface area contributed by atoms with Gasteiger partial charge in [-0.05, 0) is 30.0 Å². The second kappa shape index (κ2) is 14.7. The molecule has 0 saturated carbocycles. The summed E-state index contributed by atoms with van der Waals surface area (Å²) >= 11 is 0. The van der Waals surface area contributed by atoms with Gasteiger partial charge in [0.15, 0.2) is 0 Å². The van der Waals surface area contributed by atoms with E-state index in [2.05, 4.69) is 85.8 Å². The summed E-state index contributed by atoms with van der Waals surface area (Å²) in [7, 11) is 0. The van der Waals surface area contributed by atoms with Gasteiger partial charge >= 0.3 is 0 Å². The number of unbranched alkanes of at least 4 members (excludes halogenated alkanes) is 12. The molecule has 0 aliphatic heterocycles. The van der Waals surface area contributed by atoms with Gasteiger partial charge in [0.1, 0.15) is 11.3 Å². The van der Waals surface area contributed by atoms with Gasteiger partial charge in [0.05, 0.1) is 0 Å². The molecule has 0 aliphatic rings. The van der Waals surface area contributed by atoms with Crippen LogP contribution in [0.4, 0.5) is 0 Å². The minimum absolute atomic E-state index is 0.968. The molecule has 0 fully saturated rings.